The Hall–Kier alpha value is -5.52. The first-order valence-electron chi connectivity index (χ1n) is 13.4. The third-order valence-electron chi connectivity index (χ3n) is 6.39. The monoisotopic (exact) mass is 580 g/mol. The predicted octanol–water partition coefficient (Wildman–Crippen LogP) is 7.26. The van der Waals surface area contributed by atoms with E-state index in [-0.39, 0.29) is 11.4 Å². The summed E-state index contributed by atoms with van der Waals surface area (Å²) in [5.74, 6) is 4.03. The summed E-state index contributed by atoms with van der Waals surface area (Å²) < 4.78 is 17.4. The number of furan rings is 1. The molecule has 0 saturated carbocycles. The van der Waals surface area contributed by atoms with Crippen molar-refractivity contribution in [2.24, 2.45) is 0 Å². The van der Waals surface area contributed by atoms with Gasteiger partial charge in [-0.05, 0) is 71.8 Å². The molecule has 1 heterocycles. The summed E-state index contributed by atoms with van der Waals surface area (Å²) >= 11 is 0. The third-order valence-corrected chi connectivity index (χ3v) is 6.39. The van der Waals surface area contributed by atoms with Gasteiger partial charge in [-0.15, -0.1) is 0 Å². The second-order valence-electron chi connectivity index (χ2n) is 9.57. The van der Waals surface area contributed by atoms with Gasteiger partial charge < -0.3 is 24.5 Å². The molecule has 0 unspecified atom stereocenters. The van der Waals surface area contributed by atoms with E-state index in [9.17, 15) is 20.2 Å². The quantitative estimate of drug-likeness (QED) is 0.102. The molecule has 4 aromatic carbocycles. The fraction of sp³-hybridized carbons (Fsp3) is 0.125. The van der Waals surface area contributed by atoms with Crippen molar-refractivity contribution in [1.29, 1.82) is 0 Å². The Bertz CT molecular complexity index is 1530. The average Bonchev–Trinajstić information content (AvgIpc) is 3.47. The topological polar surface area (TPSA) is 142 Å². The summed E-state index contributed by atoms with van der Waals surface area (Å²) in [7, 11) is 0. The lowest BCUT2D eigenvalue weighted by Gasteiger charge is -2.08. The summed E-state index contributed by atoms with van der Waals surface area (Å²) in [6.45, 7) is 2.46. The maximum atomic E-state index is 10.8. The molecular weight excluding hydrogens is 552 g/mol. The molecule has 0 aliphatic rings. The zero-order valence-electron chi connectivity index (χ0n) is 23.0. The van der Waals surface area contributed by atoms with Crippen LogP contribution in [-0.2, 0) is 26.2 Å². The summed E-state index contributed by atoms with van der Waals surface area (Å²) in [5.41, 5.74) is 2.19. The Morgan fingerprint density at radius 3 is 1.14 bits per heavy atom. The number of non-ortho nitro benzene ring substituents is 2. The largest absolute Gasteiger partial charge is 0.463 e. The summed E-state index contributed by atoms with van der Waals surface area (Å²) in [5, 5.41) is 28.3. The number of ether oxygens (including phenoxy) is 2. The van der Waals surface area contributed by atoms with Gasteiger partial charge in [0.25, 0.3) is 11.4 Å². The molecule has 0 fully saturated rings. The SMILES string of the molecule is O=[N+]([O-])c1ccc(Oc2ccc(CNCc3ccc(CNCc4ccc(Oc5ccc([N+](=O)[O-])cc5)cc4)o3)cc2)cc1. The molecule has 0 amide bonds. The highest BCUT2D eigenvalue weighted by molar-refractivity contribution is 5.40. The van der Waals surface area contributed by atoms with Gasteiger partial charge in [0.15, 0.2) is 0 Å². The van der Waals surface area contributed by atoms with Crippen molar-refractivity contribution in [3.05, 3.63) is 152 Å². The summed E-state index contributed by atoms with van der Waals surface area (Å²) in [4.78, 5) is 20.7. The van der Waals surface area contributed by atoms with E-state index in [1.54, 1.807) is 24.3 Å². The van der Waals surface area contributed by atoms with Gasteiger partial charge in [0, 0.05) is 37.4 Å². The van der Waals surface area contributed by atoms with E-state index in [1.165, 1.54) is 24.3 Å². The number of nitrogens with zero attached hydrogens (tertiary/aromatic N) is 2. The molecule has 0 aliphatic heterocycles. The van der Waals surface area contributed by atoms with Crippen molar-refractivity contribution >= 4 is 11.4 Å². The summed E-state index contributed by atoms with van der Waals surface area (Å²) in [6, 6.07) is 31.1. The van der Waals surface area contributed by atoms with Crippen LogP contribution < -0.4 is 20.1 Å². The molecule has 11 nitrogen and oxygen atoms in total. The van der Waals surface area contributed by atoms with Gasteiger partial charge in [-0.1, -0.05) is 24.3 Å². The molecule has 2 N–H and O–H groups in total. The fourth-order valence-electron chi connectivity index (χ4n) is 4.17. The highest BCUT2D eigenvalue weighted by Crippen LogP contribution is 2.25. The number of rotatable bonds is 14. The molecule has 5 rings (SSSR count). The molecule has 11 heteroatoms. The second kappa shape index (κ2) is 13.9. The van der Waals surface area contributed by atoms with Crippen molar-refractivity contribution in [2.45, 2.75) is 26.2 Å². The Morgan fingerprint density at radius 2 is 0.814 bits per heavy atom. The first-order valence-corrected chi connectivity index (χ1v) is 13.4. The van der Waals surface area contributed by atoms with Gasteiger partial charge >= 0.3 is 0 Å². The highest BCUT2D eigenvalue weighted by Gasteiger charge is 2.07. The van der Waals surface area contributed by atoms with Crippen molar-refractivity contribution in [3.8, 4) is 23.0 Å². The molecule has 0 aliphatic carbocycles. The molecule has 1 aromatic heterocycles. The van der Waals surface area contributed by atoms with Crippen molar-refractivity contribution < 1.29 is 23.7 Å². The van der Waals surface area contributed by atoms with Crippen LogP contribution in [-0.4, -0.2) is 9.85 Å². The lowest BCUT2D eigenvalue weighted by molar-refractivity contribution is -0.385. The summed E-state index contributed by atoms with van der Waals surface area (Å²) in [6.07, 6.45) is 0. The molecule has 0 saturated heterocycles. The molecule has 5 aromatic rings. The first-order chi connectivity index (χ1) is 20.9. The molecule has 0 atom stereocenters. The predicted molar refractivity (Wildman–Crippen MR) is 159 cm³/mol. The van der Waals surface area contributed by atoms with Crippen LogP contribution in [0.25, 0.3) is 0 Å². The normalized spacial score (nSPS) is 10.8. The second-order valence-corrected chi connectivity index (χ2v) is 9.57. The van der Waals surface area contributed by atoms with Crippen LogP contribution in [0.2, 0.25) is 0 Å². The van der Waals surface area contributed by atoms with Crippen LogP contribution in [0.1, 0.15) is 22.6 Å². The first kappa shape index (κ1) is 29.0. The lowest BCUT2D eigenvalue weighted by atomic mass is 10.2. The van der Waals surface area contributed by atoms with E-state index in [0.717, 1.165) is 22.6 Å². The van der Waals surface area contributed by atoms with Crippen molar-refractivity contribution in [1.82, 2.24) is 10.6 Å². The Labute approximate surface area is 247 Å². The number of benzene rings is 4. The molecule has 218 valence electrons. The minimum Gasteiger partial charge on any atom is -0.463 e. The van der Waals surface area contributed by atoms with Crippen LogP contribution in [0.15, 0.2) is 114 Å². The van der Waals surface area contributed by atoms with Crippen LogP contribution in [0.4, 0.5) is 11.4 Å². The Kier molecular flexibility index (Phi) is 9.37. The molecular formula is C32H28N4O7. The van der Waals surface area contributed by atoms with Crippen LogP contribution in [0.3, 0.4) is 0 Å². The standard InChI is InChI=1S/C32H28N4O7/c37-35(38)25-5-13-29(14-6-25)41-27-9-1-23(2-10-27)19-33-21-31-17-18-32(43-31)22-34-20-24-3-11-28(12-4-24)42-30-15-7-26(8-16-30)36(39)40/h1-18,33-34H,19-22H2. The van der Waals surface area contributed by atoms with E-state index >= 15 is 0 Å². The lowest BCUT2D eigenvalue weighted by Crippen LogP contribution is -2.13. The molecule has 43 heavy (non-hydrogen) atoms. The molecule has 0 radical (unpaired) electrons. The number of nitro groups is 2. The van der Waals surface area contributed by atoms with E-state index in [1.807, 2.05) is 60.7 Å². The number of hydrogen-bond donors (Lipinski definition) is 2. The van der Waals surface area contributed by atoms with Crippen molar-refractivity contribution in [3.63, 3.8) is 0 Å². The number of nitrogens with one attached hydrogen (secondary N) is 2. The van der Waals surface area contributed by atoms with Crippen LogP contribution >= 0.6 is 0 Å². The molecule has 0 spiro atoms. The van der Waals surface area contributed by atoms with Crippen LogP contribution in [0, 0.1) is 20.2 Å². The molecule has 0 bridgehead atoms. The van der Waals surface area contributed by atoms with Gasteiger partial charge in [-0.25, -0.2) is 0 Å². The maximum absolute atomic E-state index is 10.8. The van der Waals surface area contributed by atoms with Gasteiger partial charge in [-0.3, -0.25) is 20.2 Å². The van der Waals surface area contributed by atoms with E-state index in [0.29, 0.717) is 49.2 Å². The third kappa shape index (κ3) is 8.49. The Morgan fingerprint density at radius 1 is 0.488 bits per heavy atom. The zero-order chi connectivity index (χ0) is 30.0. The van der Waals surface area contributed by atoms with Gasteiger partial charge in [0.2, 0.25) is 0 Å². The van der Waals surface area contributed by atoms with Gasteiger partial charge in [-0.2, -0.15) is 0 Å². The number of hydrogen-bond acceptors (Lipinski definition) is 9. The average molecular weight is 581 g/mol. The van der Waals surface area contributed by atoms with Gasteiger partial charge in [0.05, 0.1) is 22.9 Å². The smallest absolute Gasteiger partial charge is 0.269 e. The van der Waals surface area contributed by atoms with Gasteiger partial charge in [0.1, 0.15) is 34.5 Å². The zero-order valence-corrected chi connectivity index (χ0v) is 23.0. The van der Waals surface area contributed by atoms with E-state index in [4.69, 9.17) is 13.9 Å². The van der Waals surface area contributed by atoms with Crippen molar-refractivity contribution in [2.75, 3.05) is 0 Å². The fourth-order valence-corrected chi connectivity index (χ4v) is 4.17. The van der Waals surface area contributed by atoms with Crippen LogP contribution in [0.5, 0.6) is 23.0 Å². The van der Waals surface area contributed by atoms with E-state index in [2.05, 4.69) is 10.6 Å². The minimum absolute atomic E-state index is 0.0199. The number of nitro benzene ring substituents is 2. The van der Waals surface area contributed by atoms with E-state index < -0.39 is 9.85 Å². The maximum Gasteiger partial charge on any atom is 0.269 e. The Balaban J connectivity index is 1.00. The minimum atomic E-state index is -0.445. The highest BCUT2D eigenvalue weighted by atomic mass is 16.6.